The van der Waals surface area contributed by atoms with Crippen molar-refractivity contribution in [3.8, 4) is 12.3 Å². The molecule has 2 aliphatic heterocycles. The van der Waals surface area contributed by atoms with Crippen LogP contribution in [0.3, 0.4) is 0 Å². The Labute approximate surface area is 149 Å². The summed E-state index contributed by atoms with van der Waals surface area (Å²) in [7, 11) is 0. The molecule has 2 heterocycles. The van der Waals surface area contributed by atoms with Crippen molar-refractivity contribution in [3.63, 3.8) is 0 Å². The summed E-state index contributed by atoms with van der Waals surface area (Å²) < 4.78 is 5.42. The van der Waals surface area contributed by atoms with Crippen LogP contribution in [0.15, 0.2) is 0 Å². The zero-order valence-corrected chi connectivity index (χ0v) is 15.8. The van der Waals surface area contributed by atoms with Crippen LogP contribution < -0.4 is 0 Å². The summed E-state index contributed by atoms with van der Waals surface area (Å²) in [6.45, 7) is 9.62. The second kappa shape index (κ2) is 6.70. The third-order valence-corrected chi connectivity index (χ3v) is 4.65. The SMILES string of the molecule is C#CC[C@@]12CCCN1C(=O)[C@H](CC(C)C)N(C(=O)OC(C)(C)C)C2=O. The van der Waals surface area contributed by atoms with E-state index in [1.165, 1.54) is 0 Å². The van der Waals surface area contributed by atoms with Crippen LogP contribution in [-0.2, 0) is 14.3 Å². The maximum absolute atomic E-state index is 13.3. The average Bonchev–Trinajstić information content (AvgIpc) is 2.88. The lowest BCUT2D eigenvalue weighted by molar-refractivity contribution is -0.166. The lowest BCUT2D eigenvalue weighted by Crippen LogP contribution is -2.70. The molecule has 25 heavy (non-hydrogen) atoms. The van der Waals surface area contributed by atoms with E-state index in [0.717, 1.165) is 4.90 Å². The molecule has 0 aromatic rings. The molecule has 0 aliphatic carbocycles. The summed E-state index contributed by atoms with van der Waals surface area (Å²) in [5, 5.41) is 0. The number of amides is 3. The molecule has 0 saturated carbocycles. The van der Waals surface area contributed by atoms with Crippen LogP contribution in [0, 0.1) is 18.3 Å². The first-order valence-electron chi connectivity index (χ1n) is 8.85. The van der Waals surface area contributed by atoms with Gasteiger partial charge in [-0.3, -0.25) is 9.59 Å². The molecule has 138 valence electrons. The Morgan fingerprint density at radius 3 is 2.56 bits per heavy atom. The van der Waals surface area contributed by atoms with Crippen molar-refractivity contribution in [2.45, 2.75) is 77.5 Å². The molecule has 0 bridgehead atoms. The summed E-state index contributed by atoms with van der Waals surface area (Å²) >= 11 is 0. The number of ether oxygens (including phenoxy) is 1. The Kier molecular flexibility index (Phi) is 5.17. The van der Waals surface area contributed by atoms with Crippen LogP contribution >= 0.6 is 0 Å². The number of nitrogens with zero attached hydrogens (tertiary/aromatic N) is 2. The molecular formula is C19H28N2O4. The highest BCUT2D eigenvalue weighted by Crippen LogP contribution is 2.40. The topological polar surface area (TPSA) is 66.9 Å². The standard InChI is InChI=1S/C19H28N2O4/c1-7-9-19-10-8-11-20(19)15(22)14(12-13(2)3)21(16(19)23)17(24)25-18(4,5)6/h1,13-14H,8-12H2,2-6H3/t14-,19-/m0/s1. The van der Waals surface area contributed by atoms with Gasteiger partial charge in [-0.25, -0.2) is 9.69 Å². The predicted octanol–water partition coefficient (Wildman–Crippen LogP) is 2.56. The molecule has 3 amide bonds. The lowest BCUT2D eigenvalue weighted by Gasteiger charge is -2.48. The molecule has 0 radical (unpaired) electrons. The second-order valence-corrected chi connectivity index (χ2v) is 8.31. The van der Waals surface area contributed by atoms with Crippen molar-refractivity contribution in [2.75, 3.05) is 6.54 Å². The van der Waals surface area contributed by atoms with Crippen molar-refractivity contribution in [3.05, 3.63) is 0 Å². The first kappa shape index (κ1) is 19.3. The smallest absolute Gasteiger partial charge is 0.417 e. The fourth-order valence-electron chi connectivity index (χ4n) is 3.68. The van der Waals surface area contributed by atoms with Crippen LogP contribution in [0.2, 0.25) is 0 Å². The Bertz CT molecular complexity index is 614. The molecule has 0 aromatic heterocycles. The molecule has 2 atom stereocenters. The highest BCUT2D eigenvalue weighted by molar-refractivity contribution is 6.07. The van der Waals surface area contributed by atoms with Crippen LogP contribution in [0.25, 0.3) is 0 Å². The highest BCUT2D eigenvalue weighted by Gasteiger charge is 2.60. The monoisotopic (exact) mass is 348 g/mol. The molecule has 0 unspecified atom stereocenters. The van der Waals surface area contributed by atoms with Gasteiger partial charge < -0.3 is 9.64 Å². The van der Waals surface area contributed by atoms with Gasteiger partial charge in [-0.15, -0.1) is 12.3 Å². The average molecular weight is 348 g/mol. The molecular weight excluding hydrogens is 320 g/mol. The summed E-state index contributed by atoms with van der Waals surface area (Å²) in [4.78, 5) is 41.8. The Morgan fingerprint density at radius 1 is 1.40 bits per heavy atom. The normalized spacial score (nSPS) is 26.7. The van der Waals surface area contributed by atoms with Crippen molar-refractivity contribution >= 4 is 17.9 Å². The number of terminal acetylenes is 1. The minimum absolute atomic E-state index is 0.116. The van der Waals surface area contributed by atoms with Crippen LogP contribution in [0.4, 0.5) is 4.79 Å². The van der Waals surface area contributed by atoms with E-state index in [-0.39, 0.29) is 18.2 Å². The van der Waals surface area contributed by atoms with Gasteiger partial charge in [0.25, 0.3) is 5.91 Å². The van der Waals surface area contributed by atoms with E-state index in [9.17, 15) is 14.4 Å². The lowest BCUT2D eigenvalue weighted by atomic mass is 9.85. The minimum Gasteiger partial charge on any atom is -0.443 e. The van der Waals surface area contributed by atoms with E-state index in [1.807, 2.05) is 13.8 Å². The third-order valence-electron chi connectivity index (χ3n) is 4.65. The zero-order chi connectivity index (χ0) is 19.0. The first-order valence-corrected chi connectivity index (χ1v) is 8.85. The van der Waals surface area contributed by atoms with Crippen molar-refractivity contribution in [2.24, 2.45) is 5.92 Å². The molecule has 2 aliphatic rings. The fourth-order valence-corrected chi connectivity index (χ4v) is 3.68. The zero-order valence-electron chi connectivity index (χ0n) is 15.8. The molecule has 2 saturated heterocycles. The van der Waals surface area contributed by atoms with E-state index in [4.69, 9.17) is 11.2 Å². The van der Waals surface area contributed by atoms with Gasteiger partial charge >= 0.3 is 6.09 Å². The summed E-state index contributed by atoms with van der Waals surface area (Å²) in [6.07, 6.45) is 6.43. The molecule has 6 nitrogen and oxygen atoms in total. The van der Waals surface area contributed by atoms with Gasteiger partial charge in [-0.1, -0.05) is 13.8 Å². The number of hydrogen-bond donors (Lipinski definition) is 0. The largest absolute Gasteiger partial charge is 0.443 e. The first-order chi connectivity index (χ1) is 11.5. The quantitative estimate of drug-likeness (QED) is 0.735. The maximum atomic E-state index is 13.3. The van der Waals surface area contributed by atoms with E-state index in [2.05, 4.69) is 5.92 Å². The molecule has 0 spiro atoms. The molecule has 0 N–H and O–H groups in total. The van der Waals surface area contributed by atoms with E-state index in [0.29, 0.717) is 25.8 Å². The molecule has 6 heteroatoms. The molecule has 2 fully saturated rings. The van der Waals surface area contributed by atoms with Gasteiger partial charge in [0.1, 0.15) is 17.2 Å². The number of piperazine rings is 1. The van der Waals surface area contributed by atoms with Crippen molar-refractivity contribution in [1.82, 2.24) is 9.80 Å². The van der Waals surface area contributed by atoms with Crippen LogP contribution in [-0.4, -0.2) is 51.4 Å². The Morgan fingerprint density at radius 2 is 2.04 bits per heavy atom. The number of imide groups is 1. The maximum Gasteiger partial charge on any atom is 0.417 e. The number of hydrogen-bond acceptors (Lipinski definition) is 4. The van der Waals surface area contributed by atoms with Crippen molar-refractivity contribution < 1.29 is 19.1 Å². The van der Waals surface area contributed by atoms with E-state index >= 15 is 0 Å². The highest BCUT2D eigenvalue weighted by atomic mass is 16.6. The Balaban J connectivity index is 2.47. The van der Waals surface area contributed by atoms with Gasteiger partial charge in [0.15, 0.2) is 0 Å². The minimum atomic E-state index is -1.10. The number of rotatable bonds is 3. The van der Waals surface area contributed by atoms with Gasteiger partial charge in [0, 0.05) is 13.0 Å². The fraction of sp³-hybridized carbons (Fsp3) is 0.737. The van der Waals surface area contributed by atoms with E-state index < -0.39 is 29.2 Å². The van der Waals surface area contributed by atoms with Crippen LogP contribution in [0.1, 0.15) is 60.3 Å². The summed E-state index contributed by atoms with van der Waals surface area (Å²) in [5.41, 5.74) is -1.86. The number of carbonyl (C=O) groups excluding carboxylic acids is 3. The Hall–Kier alpha value is -2.03. The van der Waals surface area contributed by atoms with Gasteiger partial charge in [0.2, 0.25) is 5.91 Å². The van der Waals surface area contributed by atoms with Gasteiger partial charge in [-0.2, -0.15) is 0 Å². The second-order valence-electron chi connectivity index (χ2n) is 8.31. The summed E-state index contributed by atoms with van der Waals surface area (Å²) in [5.74, 6) is 2.07. The van der Waals surface area contributed by atoms with Gasteiger partial charge in [0.05, 0.1) is 0 Å². The predicted molar refractivity (Wildman–Crippen MR) is 93.5 cm³/mol. The van der Waals surface area contributed by atoms with E-state index in [1.54, 1.807) is 25.7 Å². The van der Waals surface area contributed by atoms with Crippen LogP contribution in [0.5, 0.6) is 0 Å². The molecule has 2 rings (SSSR count). The third kappa shape index (κ3) is 3.51. The van der Waals surface area contributed by atoms with Crippen molar-refractivity contribution in [1.29, 1.82) is 0 Å². The summed E-state index contributed by atoms with van der Waals surface area (Å²) in [6, 6.07) is -0.827. The number of fused-ring (bicyclic) bond motifs is 1. The number of carbonyl (C=O) groups is 3. The van der Waals surface area contributed by atoms with Gasteiger partial charge in [-0.05, 0) is 46.0 Å². The molecule has 0 aromatic carbocycles.